The number of benzene rings is 1. The van der Waals surface area contributed by atoms with Crippen LogP contribution < -0.4 is 11.5 Å². The van der Waals surface area contributed by atoms with Crippen molar-refractivity contribution >= 4 is 22.8 Å². The molecule has 1 rings (SSSR count). The summed E-state index contributed by atoms with van der Waals surface area (Å²) in [6, 6.07) is 7.32. The Morgan fingerprint density at radius 3 is 2.10 bits per heavy atom. The van der Waals surface area contributed by atoms with Gasteiger partial charge in [-0.1, -0.05) is 29.8 Å². The standard InChI is InChI=1S/C13H20N2O2.C2H3ClO/c1-10-4-6-11(7-5-10)13(15,12(16)17)8-2-3-9-14;1-2(3)4/h4-7H,2-3,8-9,14-15H2,1H3,(H,16,17);1H3/t13-;/m1./s1. The maximum absolute atomic E-state index is 11.3. The molecular weight excluding hydrogens is 292 g/mol. The Morgan fingerprint density at radius 2 is 1.71 bits per heavy atom. The van der Waals surface area contributed by atoms with Crippen LogP contribution >= 0.6 is 11.6 Å². The van der Waals surface area contributed by atoms with Crippen molar-refractivity contribution in [3.63, 3.8) is 0 Å². The van der Waals surface area contributed by atoms with Gasteiger partial charge in [-0.2, -0.15) is 0 Å². The topological polar surface area (TPSA) is 106 Å². The molecule has 0 radical (unpaired) electrons. The number of hydrogen-bond donors (Lipinski definition) is 3. The minimum Gasteiger partial charge on any atom is -0.480 e. The molecule has 1 atom stereocenters. The first-order valence-electron chi connectivity index (χ1n) is 6.69. The number of hydrogen-bond acceptors (Lipinski definition) is 4. The largest absolute Gasteiger partial charge is 0.480 e. The minimum atomic E-state index is -1.30. The van der Waals surface area contributed by atoms with E-state index in [0.29, 0.717) is 24.9 Å². The summed E-state index contributed by atoms with van der Waals surface area (Å²) in [4.78, 5) is 20.6. The Bertz CT molecular complexity index is 458. The summed E-state index contributed by atoms with van der Waals surface area (Å²) in [6.07, 6.45) is 1.91. The van der Waals surface area contributed by atoms with Crippen LogP contribution in [0.25, 0.3) is 0 Å². The Balaban J connectivity index is 0.000000885. The summed E-state index contributed by atoms with van der Waals surface area (Å²) in [5.74, 6) is -0.988. The van der Waals surface area contributed by atoms with Gasteiger partial charge in [0.15, 0.2) is 0 Å². The van der Waals surface area contributed by atoms with Gasteiger partial charge in [0, 0.05) is 6.92 Å². The number of rotatable bonds is 6. The molecule has 0 aliphatic heterocycles. The van der Waals surface area contributed by atoms with Crippen LogP contribution in [0.2, 0.25) is 0 Å². The lowest BCUT2D eigenvalue weighted by atomic mass is 9.85. The quantitative estimate of drug-likeness (QED) is 0.551. The van der Waals surface area contributed by atoms with E-state index in [1.807, 2.05) is 19.1 Å². The van der Waals surface area contributed by atoms with Crippen molar-refractivity contribution in [2.45, 2.75) is 38.6 Å². The molecule has 1 aromatic rings. The first-order valence-corrected chi connectivity index (χ1v) is 7.07. The Morgan fingerprint density at radius 1 is 1.24 bits per heavy atom. The molecular formula is C15H23ClN2O3. The molecule has 5 N–H and O–H groups in total. The molecule has 5 nitrogen and oxygen atoms in total. The van der Waals surface area contributed by atoms with Crippen LogP contribution in [-0.2, 0) is 15.1 Å². The maximum atomic E-state index is 11.3. The smallest absolute Gasteiger partial charge is 0.328 e. The van der Waals surface area contributed by atoms with Gasteiger partial charge in [-0.05, 0) is 49.9 Å². The molecule has 0 amide bonds. The minimum absolute atomic E-state index is 0.361. The van der Waals surface area contributed by atoms with Crippen molar-refractivity contribution in [1.82, 2.24) is 0 Å². The normalized spacial score (nSPS) is 12.8. The van der Waals surface area contributed by atoms with Crippen LogP contribution in [0, 0.1) is 6.92 Å². The van der Waals surface area contributed by atoms with Crippen LogP contribution in [0.4, 0.5) is 0 Å². The summed E-state index contributed by atoms with van der Waals surface area (Å²) in [5, 5.41) is 8.94. The van der Waals surface area contributed by atoms with Crippen molar-refractivity contribution in [2.75, 3.05) is 6.54 Å². The third-order valence-electron chi connectivity index (χ3n) is 2.97. The number of carbonyl (C=O) groups is 2. The average Bonchev–Trinajstić information content (AvgIpc) is 2.38. The Labute approximate surface area is 130 Å². The molecule has 0 aliphatic carbocycles. The zero-order valence-corrected chi connectivity index (χ0v) is 13.2. The van der Waals surface area contributed by atoms with Gasteiger partial charge in [0.05, 0.1) is 0 Å². The van der Waals surface area contributed by atoms with E-state index in [9.17, 15) is 14.7 Å². The van der Waals surface area contributed by atoms with E-state index in [4.69, 9.17) is 11.5 Å². The third kappa shape index (κ3) is 7.22. The van der Waals surface area contributed by atoms with Gasteiger partial charge in [-0.3, -0.25) is 4.79 Å². The molecule has 6 heteroatoms. The molecule has 0 aromatic heterocycles. The van der Waals surface area contributed by atoms with Gasteiger partial charge in [-0.25, -0.2) is 4.79 Å². The number of carboxylic acid groups (broad SMARTS) is 1. The van der Waals surface area contributed by atoms with Crippen molar-refractivity contribution in [3.05, 3.63) is 35.4 Å². The van der Waals surface area contributed by atoms with E-state index >= 15 is 0 Å². The lowest BCUT2D eigenvalue weighted by Crippen LogP contribution is -2.44. The second-order valence-electron chi connectivity index (χ2n) is 4.86. The zero-order chi connectivity index (χ0) is 16.5. The summed E-state index contributed by atoms with van der Waals surface area (Å²) in [7, 11) is 0. The highest BCUT2D eigenvalue weighted by atomic mass is 35.5. The summed E-state index contributed by atoms with van der Waals surface area (Å²) in [6.45, 7) is 3.81. The molecule has 0 heterocycles. The van der Waals surface area contributed by atoms with Gasteiger partial charge in [0.2, 0.25) is 5.24 Å². The Kier molecular flexibility index (Phi) is 8.85. The number of carbonyl (C=O) groups excluding carboxylic acids is 1. The van der Waals surface area contributed by atoms with Gasteiger partial charge in [0.25, 0.3) is 0 Å². The van der Waals surface area contributed by atoms with Crippen molar-refractivity contribution in [1.29, 1.82) is 0 Å². The Hall–Kier alpha value is -1.43. The maximum Gasteiger partial charge on any atom is 0.328 e. The van der Waals surface area contributed by atoms with Gasteiger partial charge in [-0.15, -0.1) is 0 Å². The predicted molar refractivity (Wildman–Crippen MR) is 84.1 cm³/mol. The number of aryl methyl sites for hydroxylation is 1. The second kappa shape index (κ2) is 9.50. The molecule has 21 heavy (non-hydrogen) atoms. The van der Waals surface area contributed by atoms with Crippen molar-refractivity contribution < 1.29 is 14.7 Å². The summed E-state index contributed by atoms with van der Waals surface area (Å²) >= 11 is 4.64. The van der Waals surface area contributed by atoms with E-state index in [0.717, 1.165) is 12.0 Å². The van der Waals surface area contributed by atoms with Gasteiger partial charge < -0.3 is 16.6 Å². The van der Waals surface area contributed by atoms with Crippen molar-refractivity contribution in [2.24, 2.45) is 11.5 Å². The molecule has 0 saturated carbocycles. The molecule has 0 unspecified atom stereocenters. The lowest BCUT2D eigenvalue weighted by Gasteiger charge is -2.25. The average molecular weight is 315 g/mol. The van der Waals surface area contributed by atoms with Crippen LogP contribution in [0.15, 0.2) is 24.3 Å². The van der Waals surface area contributed by atoms with E-state index in [-0.39, 0.29) is 5.24 Å². The van der Waals surface area contributed by atoms with E-state index in [2.05, 4.69) is 11.6 Å². The van der Waals surface area contributed by atoms with Crippen LogP contribution in [-0.4, -0.2) is 22.9 Å². The van der Waals surface area contributed by atoms with Gasteiger partial charge in [0.1, 0.15) is 5.54 Å². The van der Waals surface area contributed by atoms with E-state index in [1.165, 1.54) is 6.92 Å². The highest BCUT2D eigenvalue weighted by Crippen LogP contribution is 2.25. The molecule has 118 valence electrons. The molecule has 0 aliphatic rings. The fourth-order valence-corrected chi connectivity index (χ4v) is 1.77. The zero-order valence-electron chi connectivity index (χ0n) is 12.4. The SMILES string of the molecule is CC(=O)Cl.Cc1ccc([C@](N)(CCCCN)C(=O)O)cc1. The molecule has 0 fully saturated rings. The van der Waals surface area contributed by atoms with Crippen LogP contribution in [0.5, 0.6) is 0 Å². The second-order valence-corrected chi connectivity index (χ2v) is 5.39. The number of halogens is 1. The number of carboxylic acids is 1. The molecule has 0 spiro atoms. The highest BCUT2D eigenvalue weighted by Gasteiger charge is 2.35. The number of nitrogens with two attached hydrogens (primary N) is 2. The van der Waals surface area contributed by atoms with E-state index in [1.54, 1.807) is 12.1 Å². The van der Waals surface area contributed by atoms with Crippen molar-refractivity contribution in [3.8, 4) is 0 Å². The first-order chi connectivity index (χ1) is 9.74. The fraction of sp³-hybridized carbons (Fsp3) is 0.467. The first kappa shape index (κ1) is 19.6. The highest BCUT2D eigenvalue weighted by molar-refractivity contribution is 6.62. The summed E-state index contributed by atoms with van der Waals surface area (Å²) < 4.78 is 0. The predicted octanol–water partition coefficient (Wildman–Crippen LogP) is 2.13. The van der Waals surface area contributed by atoms with E-state index < -0.39 is 11.5 Å². The fourth-order valence-electron chi connectivity index (χ4n) is 1.77. The molecule has 1 aromatic carbocycles. The molecule has 0 saturated heterocycles. The lowest BCUT2D eigenvalue weighted by molar-refractivity contribution is -0.144. The van der Waals surface area contributed by atoms with Crippen LogP contribution in [0.3, 0.4) is 0 Å². The summed E-state index contributed by atoms with van der Waals surface area (Å²) in [5.41, 5.74) is 11.8. The van der Waals surface area contributed by atoms with Gasteiger partial charge >= 0.3 is 5.97 Å². The molecule has 0 bridgehead atoms. The third-order valence-corrected chi connectivity index (χ3v) is 2.97. The monoisotopic (exact) mass is 314 g/mol. The van der Waals surface area contributed by atoms with Crippen LogP contribution in [0.1, 0.15) is 37.3 Å². The number of aliphatic carboxylic acids is 1. The number of unbranched alkanes of at least 4 members (excludes halogenated alkanes) is 1.